The first kappa shape index (κ1) is 20.3. The lowest BCUT2D eigenvalue weighted by Crippen LogP contribution is -2.23. The number of pyridine rings is 1. The molecule has 8 heteroatoms. The molecular formula is C23H21N3O5. The molecule has 1 N–H and O–H groups in total. The topological polar surface area (TPSA) is 107 Å². The van der Waals surface area contributed by atoms with Gasteiger partial charge in [-0.1, -0.05) is 17.3 Å². The van der Waals surface area contributed by atoms with Crippen molar-refractivity contribution >= 4 is 23.0 Å². The summed E-state index contributed by atoms with van der Waals surface area (Å²) in [7, 11) is 1.33. The Morgan fingerprint density at radius 1 is 1.10 bits per heavy atom. The van der Waals surface area contributed by atoms with E-state index in [0.29, 0.717) is 39.4 Å². The van der Waals surface area contributed by atoms with E-state index in [-0.39, 0.29) is 12.5 Å². The van der Waals surface area contributed by atoms with Gasteiger partial charge >= 0.3 is 5.97 Å². The largest absolute Gasteiger partial charge is 0.466 e. The maximum Gasteiger partial charge on any atom is 0.337 e. The lowest BCUT2D eigenvalue weighted by molar-refractivity contribution is 0.0600. The van der Waals surface area contributed by atoms with Gasteiger partial charge in [0.05, 0.1) is 35.0 Å². The summed E-state index contributed by atoms with van der Waals surface area (Å²) in [6.07, 6.45) is 0. The summed E-state index contributed by atoms with van der Waals surface area (Å²) in [5, 5.41) is 7.45. The highest BCUT2D eigenvalue weighted by Gasteiger charge is 2.21. The van der Waals surface area contributed by atoms with Crippen LogP contribution in [0.15, 0.2) is 45.3 Å². The Labute approximate surface area is 178 Å². The molecule has 0 unspecified atom stereocenters. The smallest absolute Gasteiger partial charge is 0.337 e. The van der Waals surface area contributed by atoms with Crippen molar-refractivity contribution < 1.29 is 23.3 Å². The van der Waals surface area contributed by atoms with Gasteiger partial charge in [-0.25, -0.2) is 9.78 Å². The van der Waals surface area contributed by atoms with E-state index in [1.807, 2.05) is 19.9 Å². The maximum absolute atomic E-state index is 13.1. The second-order valence-corrected chi connectivity index (χ2v) is 7.20. The third kappa shape index (κ3) is 3.92. The number of hydrogen-bond donors (Lipinski definition) is 1. The fourth-order valence-electron chi connectivity index (χ4n) is 3.45. The van der Waals surface area contributed by atoms with Gasteiger partial charge in [-0.2, -0.15) is 0 Å². The number of carbonyl (C=O) groups is 2. The number of nitrogens with one attached hydrogen (secondary N) is 1. The molecule has 0 spiro atoms. The van der Waals surface area contributed by atoms with Crippen LogP contribution >= 0.6 is 0 Å². The standard InChI is InChI=1S/C23H21N3O5/c1-12-9-17(14(3)30-12)19-10-18(20-13(2)26-31-22(20)25-19)21(27)24-11-15-5-7-16(8-6-15)23(28)29-4/h5-10H,11H2,1-4H3,(H,24,27). The van der Waals surface area contributed by atoms with Crippen LogP contribution in [-0.2, 0) is 11.3 Å². The summed E-state index contributed by atoms with van der Waals surface area (Å²) in [4.78, 5) is 29.2. The van der Waals surface area contributed by atoms with Crippen LogP contribution in [0.4, 0.5) is 0 Å². The first-order valence-corrected chi connectivity index (χ1v) is 9.67. The fourth-order valence-corrected chi connectivity index (χ4v) is 3.45. The molecule has 0 saturated heterocycles. The lowest BCUT2D eigenvalue weighted by Gasteiger charge is -2.09. The van der Waals surface area contributed by atoms with Crippen molar-refractivity contribution in [2.75, 3.05) is 7.11 Å². The predicted molar refractivity (Wildman–Crippen MR) is 113 cm³/mol. The summed E-state index contributed by atoms with van der Waals surface area (Å²) in [5.74, 6) is 0.770. The third-order valence-corrected chi connectivity index (χ3v) is 5.01. The van der Waals surface area contributed by atoms with Crippen LogP contribution in [0.2, 0.25) is 0 Å². The van der Waals surface area contributed by atoms with Gasteiger partial charge in [0.1, 0.15) is 11.5 Å². The van der Waals surface area contributed by atoms with Crippen LogP contribution in [0.3, 0.4) is 0 Å². The molecule has 1 amide bonds. The average Bonchev–Trinajstić information content (AvgIpc) is 3.32. The number of furan rings is 1. The first-order valence-electron chi connectivity index (χ1n) is 9.67. The minimum Gasteiger partial charge on any atom is -0.466 e. The van der Waals surface area contributed by atoms with Crippen molar-refractivity contribution in [3.8, 4) is 11.3 Å². The quantitative estimate of drug-likeness (QED) is 0.485. The van der Waals surface area contributed by atoms with E-state index in [1.54, 1.807) is 37.3 Å². The summed E-state index contributed by atoms with van der Waals surface area (Å²) < 4.78 is 15.6. The molecule has 0 aliphatic carbocycles. The van der Waals surface area contributed by atoms with Gasteiger partial charge < -0.3 is 19.0 Å². The third-order valence-electron chi connectivity index (χ3n) is 5.01. The van der Waals surface area contributed by atoms with Gasteiger partial charge in [-0.15, -0.1) is 0 Å². The second-order valence-electron chi connectivity index (χ2n) is 7.20. The van der Waals surface area contributed by atoms with Crippen molar-refractivity contribution in [3.05, 3.63) is 70.3 Å². The van der Waals surface area contributed by atoms with Gasteiger partial charge in [0.15, 0.2) is 0 Å². The van der Waals surface area contributed by atoms with E-state index >= 15 is 0 Å². The maximum atomic E-state index is 13.1. The molecule has 4 rings (SSSR count). The van der Waals surface area contributed by atoms with Crippen molar-refractivity contribution in [3.63, 3.8) is 0 Å². The number of methoxy groups -OCH3 is 1. The molecule has 158 valence electrons. The number of fused-ring (bicyclic) bond motifs is 1. The lowest BCUT2D eigenvalue weighted by atomic mass is 10.1. The Kier molecular flexibility index (Phi) is 5.29. The normalized spacial score (nSPS) is 11.0. The molecule has 0 aliphatic rings. The molecule has 0 radical (unpaired) electrons. The molecular weight excluding hydrogens is 398 g/mol. The van der Waals surface area contributed by atoms with Crippen molar-refractivity contribution in [1.29, 1.82) is 0 Å². The zero-order valence-corrected chi connectivity index (χ0v) is 17.6. The highest BCUT2D eigenvalue weighted by Crippen LogP contribution is 2.30. The molecule has 0 bridgehead atoms. The van der Waals surface area contributed by atoms with Crippen LogP contribution in [-0.4, -0.2) is 29.1 Å². The highest BCUT2D eigenvalue weighted by atomic mass is 16.5. The minimum absolute atomic E-state index is 0.283. The minimum atomic E-state index is -0.407. The summed E-state index contributed by atoms with van der Waals surface area (Å²) in [6.45, 7) is 5.75. The van der Waals surface area contributed by atoms with E-state index in [1.165, 1.54) is 7.11 Å². The van der Waals surface area contributed by atoms with E-state index in [2.05, 4.69) is 15.5 Å². The number of hydrogen-bond acceptors (Lipinski definition) is 7. The van der Waals surface area contributed by atoms with Crippen LogP contribution in [0.5, 0.6) is 0 Å². The van der Waals surface area contributed by atoms with Gasteiger partial charge in [-0.05, 0) is 50.6 Å². The van der Waals surface area contributed by atoms with Crippen molar-refractivity contribution in [2.24, 2.45) is 0 Å². The molecule has 0 atom stereocenters. The van der Waals surface area contributed by atoms with E-state index in [4.69, 9.17) is 13.7 Å². The number of nitrogens with zero attached hydrogens (tertiary/aromatic N) is 2. The van der Waals surface area contributed by atoms with Crippen molar-refractivity contribution in [1.82, 2.24) is 15.5 Å². The van der Waals surface area contributed by atoms with E-state index < -0.39 is 5.97 Å². The van der Waals surface area contributed by atoms with Gasteiger partial charge in [-0.3, -0.25) is 4.79 Å². The summed E-state index contributed by atoms with van der Waals surface area (Å²) in [5.41, 5.74) is 3.95. The number of amides is 1. The molecule has 0 fully saturated rings. The van der Waals surface area contributed by atoms with E-state index in [0.717, 1.165) is 16.9 Å². The SMILES string of the molecule is COC(=O)c1ccc(CNC(=O)c2cc(-c3cc(C)oc3C)nc3onc(C)c23)cc1. The van der Waals surface area contributed by atoms with Crippen LogP contribution < -0.4 is 5.32 Å². The Morgan fingerprint density at radius 3 is 2.48 bits per heavy atom. The zero-order chi connectivity index (χ0) is 22.1. The molecule has 0 aliphatic heterocycles. The van der Waals surface area contributed by atoms with Crippen LogP contribution in [0, 0.1) is 20.8 Å². The highest BCUT2D eigenvalue weighted by molar-refractivity contribution is 6.07. The number of rotatable bonds is 5. The second kappa shape index (κ2) is 8.06. The number of aryl methyl sites for hydroxylation is 3. The van der Waals surface area contributed by atoms with Crippen molar-refractivity contribution in [2.45, 2.75) is 27.3 Å². The van der Waals surface area contributed by atoms with E-state index in [9.17, 15) is 9.59 Å². The van der Waals surface area contributed by atoms with Crippen LogP contribution in [0.1, 0.15) is 43.5 Å². The Balaban J connectivity index is 1.63. The Hall–Kier alpha value is -3.94. The Bertz CT molecular complexity index is 1280. The predicted octanol–water partition coefficient (Wildman–Crippen LogP) is 4.12. The number of ether oxygens (including phenoxy) is 1. The van der Waals surface area contributed by atoms with Gasteiger partial charge in [0, 0.05) is 12.1 Å². The molecule has 3 heterocycles. The Morgan fingerprint density at radius 2 is 1.84 bits per heavy atom. The molecule has 4 aromatic rings. The number of aromatic nitrogens is 2. The monoisotopic (exact) mass is 419 g/mol. The molecule has 1 aromatic carbocycles. The first-order chi connectivity index (χ1) is 14.9. The van der Waals surface area contributed by atoms with Gasteiger partial charge in [0.25, 0.3) is 11.6 Å². The van der Waals surface area contributed by atoms with Crippen LogP contribution in [0.25, 0.3) is 22.4 Å². The summed E-state index contributed by atoms with van der Waals surface area (Å²) >= 11 is 0. The molecule has 3 aromatic heterocycles. The molecule has 0 saturated carbocycles. The number of esters is 1. The number of benzene rings is 1. The summed E-state index contributed by atoms with van der Waals surface area (Å²) in [6, 6.07) is 10.4. The zero-order valence-electron chi connectivity index (χ0n) is 17.6. The van der Waals surface area contributed by atoms with Gasteiger partial charge in [0.2, 0.25) is 0 Å². The average molecular weight is 419 g/mol. The molecule has 31 heavy (non-hydrogen) atoms. The molecule has 8 nitrogen and oxygen atoms in total. The fraction of sp³-hybridized carbons (Fsp3) is 0.217. The number of carbonyl (C=O) groups excluding carboxylic acids is 2.